The summed E-state index contributed by atoms with van der Waals surface area (Å²) in [7, 11) is 0. The molecule has 0 aliphatic heterocycles. The number of amides is 1. The van der Waals surface area contributed by atoms with Crippen molar-refractivity contribution in [2.24, 2.45) is 0 Å². The maximum Gasteiger partial charge on any atom is 0.262 e. The van der Waals surface area contributed by atoms with Crippen LogP contribution in [0.1, 0.15) is 18.1 Å². The first-order chi connectivity index (χ1) is 10.1. The third-order valence-electron chi connectivity index (χ3n) is 3.14. The number of carbonyl (C=O) groups is 1. The number of ether oxygens (including phenoxy) is 1. The highest BCUT2D eigenvalue weighted by molar-refractivity contribution is 14.1. The predicted molar refractivity (Wildman–Crippen MR) is 93.8 cm³/mol. The quantitative estimate of drug-likeness (QED) is 0.661. The van der Waals surface area contributed by atoms with Gasteiger partial charge in [-0.15, -0.1) is 0 Å². The van der Waals surface area contributed by atoms with Crippen molar-refractivity contribution in [1.82, 2.24) is 0 Å². The van der Waals surface area contributed by atoms with Gasteiger partial charge in [-0.2, -0.15) is 0 Å². The molecule has 0 heterocycles. The number of hydrogen-bond donors (Lipinski definition) is 1. The van der Waals surface area contributed by atoms with Crippen molar-refractivity contribution in [3.8, 4) is 5.75 Å². The van der Waals surface area contributed by atoms with Gasteiger partial charge in [0.2, 0.25) is 0 Å². The maximum absolute atomic E-state index is 11.9. The van der Waals surface area contributed by atoms with E-state index in [9.17, 15) is 4.79 Å². The summed E-state index contributed by atoms with van der Waals surface area (Å²) in [6.07, 6.45) is 0.993. The Morgan fingerprint density at radius 2 is 1.86 bits per heavy atom. The van der Waals surface area contributed by atoms with Gasteiger partial charge in [-0.25, -0.2) is 0 Å². The number of anilines is 1. The van der Waals surface area contributed by atoms with E-state index in [1.54, 1.807) is 0 Å². The number of benzene rings is 2. The predicted octanol–water partition coefficient (Wildman–Crippen LogP) is 1.18. The molecule has 0 unspecified atom stereocenters. The second-order valence-corrected chi connectivity index (χ2v) is 5.96. The highest BCUT2D eigenvalue weighted by atomic mass is 127. The van der Waals surface area contributed by atoms with Crippen molar-refractivity contribution in [3.05, 3.63) is 57.2 Å². The van der Waals surface area contributed by atoms with Crippen LogP contribution in [0.15, 0.2) is 42.5 Å². The monoisotopic (exact) mass is 474 g/mol. The lowest BCUT2D eigenvalue weighted by atomic mass is 10.2. The Morgan fingerprint density at radius 1 is 1.18 bits per heavy atom. The molecule has 0 aromatic heterocycles. The van der Waals surface area contributed by atoms with Gasteiger partial charge in [-0.1, -0.05) is 19.1 Å². The summed E-state index contributed by atoms with van der Waals surface area (Å²) in [5.74, 6) is 0.552. The zero-order valence-electron chi connectivity index (χ0n) is 12.5. The second-order valence-electron chi connectivity index (χ2n) is 4.80. The average molecular weight is 475 g/mol. The van der Waals surface area contributed by atoms with Gasteiger partial charge in [0.25, 0.3) is 5.91 Å². The van der Waals surface area contributed by atoms with Crippen molar-refractivity contribution >= 4 is 34.2 Å². The Hall–Kier alpha value is -1.08. The SMILES string of the molecule is CCc1ccc(OCC(=O)Nc2ccc(I)c(C)c2)cc1.[Br-]. The fourth-order valence-corrected chi connectivity index (χ4v) is 2.23. The van der Waals surface area contributed by atoms with E-state index in [4.69, 9.17) is 4.74 Å². The minimum absolute atomic E-state index is 0. The van der Waals surface area contributed by atoms with E-state index >= 15 is 0 Å². The molecule has 0 saturated heterocycles. The Balaban J connectivity index is 0.00000242. The Kier molecular flexibility index (Phi) is 7.89. The summed E-state index contributed by atoms with van der Waals surface area (Å²) in [5, 5.41) is 2.84. The number of nitrogens with one attached hydrogen (secondary N) is 1. The van der Waals surface area contributed by atoms with Gasteiger partial charge in [0.15, 0.2) is 6.61 Å². The molecule has 3 nitrogen and oxygen atoms in total. The second kappa shape index (κ2) is 9.15. The maximum atomic E-state index is 11.9. The van der Waals surface area contributed by atoms with E-state index in [0.29, 0.717) is 5.75 Å². The van der Waals surface area contributed by atoms with Gasteiger partial charge < -0.3 is 27.0 Å². The molecule has 0 aliphatic carbocycles. The summed E-state index contributed by atoms with van der Waals surface area (Å²) >= 11 is 2.27. The summed E-state index contributed by atoms with van der Waals surface area (Å²) in [6, 6.07) is 13.6. The van der Waals surface area contributed by atoms with E-state index in [1.165, 1.54) is 9.13 Å². The Morgan fingerprint density at radius 3 is 2.45 bits per heavy atom. The zero-order valence-corrected chi connectivity index (χ0v) is 16.3. The normalized spacial score (nSPS) is 9.77. The van der Waals surface area contributed by atoms with E-state index in [2.05, 4.69) is 34.8 Å². The van der Waals surface area contributed by atoms with Crippen LogP contribution >= 0.6 is 22.6 Å². The van der Waals surface area contributed by atoms with Gasteiger partial charge in [0.1, 0.15) is 5.75 Å². The first-order valence-electron chi connectivity index (χ1n) is 6.86. The highest BCUT2D eigenvalue weighted by Gasteiger charge is 2.05. The van der Waals surface area contributed by atoms with Crippen LogP contribution in [-0.4, -0.2) is 12.5 Å². The van der Waals surface area contributed by atoms with Crippen molar-refractivity contribution in [2.75, 3.05) is 11.9 Å². The lowest BCUT2D eigenvalue weighted by molar-refractivity contribution is -0.118. The van der Waals surface area contributed by atoms with Gasteiger partial charge in [0, 0.05) is 9.26 Å². The van der Waals surface area contributed by atoms with Crippen molar-refractivity contribution < 1.29 is 26.5 Å². The van der Waals surface area contributed by atoms with E-state index in [0.717, 1.165) is 17.7 Å². The van der Waals surface area contributed by atoms with Crippen LogP contribution in [0.4, 0.5) is 5.69 Å². The molecule has 118 valence electrons. The number of aryl methyl sites for hydroxylation is 2. The average Bonchev–Trinajstić information content (AvgIpc) is 2.49. The summed E-state index contributed by atoms with van der Waals surface area (Å²) in [4.78, 5) is 11.9. The molecule has 2 aromatic carbocycles. The highest BCUT2D eigenvalue weighted by Crippen LogP contribution is 2.17. The topological polar surface area (TPSA) is 38.3 Å². The molecule has 2 aromatic rings. The molecular weight excluding hydrogens is 457 g/mol. The number of hydrogen-bond acceptors (Lipinski definition) is 2. The standard InChI is InChI=1S/C17H18INO2.BrH/c1-3-13-4-7-15(8-5-13)21-11-17(20)19-14-6-9-16(18)12(2)10-14;/h4-10H,3,11H2,1-2H3,(H,19,20);1H/p-1. The Bertz CT molecular complexity index is 629. The van der Waals surface area contributed by atoms with Crippen LogP contribution in [0.2, 0.25) is 0 Å². The molecule has 1 amide bonds. The number of halogens is 2. The number of carbonyl (C=O) groups excluding carboxylic acids is 1. The van der Waals surface area contributed by atoms with Crippen LogP contribution in [0, 0.1) is 10.5 Å². The van der Waals surface area contributed by atoms with E-state index < -0.39 is 0 Å². The third-order valence-corrected chi connectivity index (χ3v) is 4.35. The molecule has 1 N–H and O–H groups in total. The van der Waals surface area contributed by atoms with Crippen LogP contribution in [-0.2, 0) is 11.2 Å². The minimum Gasteiger partial charge on any atom is -1.00 e. The van der Waals surface area contributed by atoms with Crippen LogP contribution in [0.3, 0.4) is 0 Å². The summed E-state index contributed by atoms with van der Waals surface area (Å²) in [6.45, 7) is 4.13. The molecular formula is C17H18BrINO2-. The first kappa shape index (κ1) is 19.0. The Labute approximate surface area is 155 Å². The summed E-state index contributed by atoms with van der Waals surface area (Å²) in [5.41, 5.74) is 3.19. The van der Waals surface area contributed by atoms with Crippen molar-refractivity contribution in [2.45, 2.75) is 20.3 Å². The first-order valence-corrected chi connectivity index (χ1v) is 7.94. The number of rotatable bonds is 5. The van der Waals surface area contributed by atoms with Gasteiger partial charge in [-0.05, 0) is 77.4 Å². The molecule has 0 bridgehead atoms. The van der Waals surface area contributed by atoms with Gasteiger partial charge in [0.05, 0.1) is 0 Å². The zero-order chi connectivity index (χ0) is 15.2. The molecule has 5 heteroatoms. The van der Waals surface area contributed by atoms with E-state index in [-0.39, 0.29) is 29.5 Å². The largest absolute Gasteiger partial charge is 1.00 e. The lowest BCUT2D eigenvalue weighted by Crippen LogP contribution is -3.00. The van der Waals surface area contributed by atoms with Crippen molar-refractivity contribution in [1.29, 1.82) is 0 Å². The summed E-state index contributed by atoms with van der Waals surface area (Å²) < 4.78 is 6.66. The molecule has 2 rings (SSSR count). The molecule has 0 spiro atoms. The molecule has 22 heavy (non-hydrogen) atoms. The van der Waals surface area contributed by atoms with Gasteiger partial charge in [-0.3, -0.25) is 4.79 Å². The van der Waals surface area contributed by atoms with E-state index in [1.807, 2.05) is 49.4 Å². The molecule has 0 saturated carbocycles. The van der Waals surface area contributed by atoms with Crippen LogP contribution in [0.5, 0.6) is 5.75 Å². The minimum atomic E-state index is -0.157. The fraction of sp³-hybridized carbons (Fsp3) is 0.235. The van der Waals surface area contributed by atoms with Crippen LogP contribution in [0.25, 0.3) is 0 Å². The smallest absolute Gasteiger partial charge is 0.262 e. The molecule has 0 fully saturated rings. The molecule has 0 radical (unpaired) electrons. The lowest BCUT2D eigenvalue weighted by Gasteiger charge is -2.09. The van der Waals surface area contributed by atoms with Crippen LogP contribution < -0.4 is 27.0 Å². The molecule has 0 atom stereocenters. The van der Waals surface area contributed by atoms with Crippen molar-refractivity contribution in [3.63, 3.8) is 0 Å². The molecule has 0 aliphatic rings. The third kappa shape index (κ3) is 5.61. The fourth-order valence-electron chi connectivity index (χ4n) is 1.89. The van der Waals surface area contributed by atoms with Gasteiger partial charge >= 0.3 is 0 Å².